The number of Topliss-reactive ketones (excluding diaryl/α,β-unsaturated/α-hetero) is 1. The molecule has 2 aliphatic heterocycles. The topological polar surface area (TPSA) is 123 Å². The Hall–Kier alpha value is -3.53. The number of ether oxygens (including phenoxy) is 1. The van der Waals surface area contributed by atoms with E-state index < -0.39 is 35.1 Å². The second-order valence-corrected chi connectivity index (χ2v) is 12.8. The molecular formula is C31H31Cl2FN4O4. The van der Waals surface area contributed by atoms with Gasteiger partial charge in [-0.3, -0.25) is 14.4 Å². The lowest BCUT2D eigenvalue weighted by Crippen LogP contribution is -2.49. The molecule has 42 heavy (non-hydrogen) atoms. The van der Waals surface area contributed by atoms with Gasteiger partial charge in [-0.1, -0.05) is 62.2 Å². The highest BCUT2D eigenvalue weighted by Crippen LogP contribution is 2.57. The third kappa shape index (κ3) is 5.03. The second kappa shape index (κ2) is 10.9. The van der Waals surface area contributed by atoms with Gasteiger partial charge in [0.1, 0.15) is 22.1 Å². The number of hydrogen-bond acceptors (Lipinski definition) is 6. The first-order valence-electron chi connectivity index (χ1n) is 13.4. The van der Waals surface area contributed by atoms with Crippen molar-refractivity contribution >= 4 is 46.5 Å². The molecule has 2 aliphatic rings. The molecule has 4 N–H and O–H groups in total. The number of halogens is 3. The first-order valence-corrected chi connectivity index (χ1v) is 14.2. The van der Waals surface area contributed by atoms with Crippen LogP contribution in [0.5, 0.6) is 5.75 Å². The Labute approximate surface area is 253 Å². The van der Waals surface area contributed by atoms with Gasteiger partial charge in [-0.05, 0) is 41.7 Å². The fourth-order valence-electron chi connectivity index (χ4n) is 6.43. The number of hydrogen-bond donors (Lipinski definition) is 3. The monoisotopic (exact) mass is 612 g/mol. The molecule has 0 unspecified atom stereocenters. The summed E-state index contributed by atoms with van der Waals surface area (Å²) in [4.78, 5) is 44.5. The number of carbonyl (C=O) groups excluding carboxylic acids is 3. The van der Waals surface area contributed by atoms with Crippen molar-refractivity contribution in [2.45, 2.75) is 57.0 Å². The fourth-order valence-corrected chi connectivity index (χ4v) is 6.77. The lowest BCUT2D eigenvalue weighted by atomic mass is 9.62. The first kappa shape index (κ1) is 29.9. The van der Waals surface area contributed by atoms with Gasteiger partial charge in [-0.2, -0.15) is 0 Å². The van der Waals surface area contributed by atoms with Crippen LogP contribution < -0.4 is 21.1 Å². The van der Waals surface area contributed by atoms with Crippen LogP contribution in [-0.4, -0.2) is 41.8 Å². The number of benzene rings is 2. The fraction of sp³-hybridized carbons (Fsp3) is 0.355. The normalized spacial score (nSPS) is 23.1. The average Bonchev–Trinajstić information content (AvgIpc) is 3.39. The van der Waals surface area contributed by atoms with E-state index in [0.29, 0.717) is 29.0 Å². The maximum atomic E-state index is 15.9. The van der Waals surface area contributed by atoms with Gasteiger partial charge in [0.2, 0.25) is 11.8 Å². The Morgan fingerprint density at radius 2 is 1.90 bits per heavy atom. The predicted octanol–water partition coefficient (Wildman–Crippen LogP) is 5.20. The summed E-state index contributed by atoms with van der Waals surface area (Å²) in [7, 11) is 1.43. The quantitative estimate of drug-likeness (QED) is 0.315. The highest BCUT2D eigenvalue weighted by Gasteiger charge is 2.66. The summed E-state index contributed by atoms with van der Waals surface area (Å²) in [5.74, 6) is -2.70. The number of pyridine rings is 1. The maximum absolute atomic E-state index is 15.9. The van der Waals surface area contributed by atoms with E-state index in [-0.39, 0.29) is 44.8 Å². The molecule has 11 heteroatoms. The zero-order valence-electron chi connectivity index (χ0n) is 23.6. The number of nitrogens with two attached hydrogens (primary N) is 1. The van der Waals surface area contributed by atoms with Crippen LogP contribution in [0.4, 0.5) is 10.1 Å². The molecule has 1 aromatic heterocycles. The van der Waals surface area contributed by atoms with Gasteiger partial charge in [-0.25, -0.2) is 9.37 Å². The molecular weight excluding hydrogens is 582 g/mol. The highest BCUT2D eigenvalue weighted by atomic mass is 35.5. The van der Waals surface area contributed by atoms with E-state index in [1.165, 1.54) is 31.5 Å². The number of carbonyl (C=O) groups is 3. The molecule has 8 nitrogen and oxygen atoms in total. The van der Waals surface area contributed by atoms with E-state index in [1.807, 2.05) is 20.8 Å². The van der Waals surface area contributed by atoms with Crippen molar-refractivity contribution in [3.63, 3.8) is 0 Å². The van der Waals surface area contributed by atoms with Crippen molar-refractivity contribution < 1.29 is 23.5 Å². The molecule has 0 aliphatic carbocycles. The number of primary amides is 1. The second-order valence-electron chi connectivity index (χ2n) is 12.0. The van der Waals surface area contributed by atoms with Crippen molar-refractivity contribution in [3.05, 3.63) is 86.9 Å². The van der Waals surface area contributed by atoms with Crippen molar-refractivity contribution in [3.8, 4) is 5.75 Å². The molecule has 0 bridgehead atoms. The van der Waals surface area contributed by atoms with Crippen molar-refractivity contribution in [2.24, 2.45) is 11.1 Å². The molecule has 3 heterocycles. The van der Waals surface area contributed by atoms with E-state index in [4.69, 9.17) is 33.7 Å². The molecule has 2 amide bonds. The summed E-state index contributed by atoms with van der Waals surface area (Å²) >= 11 is 12.4. The van der Waals surface area contributed by atoms with Gasteiger partial charge in [0.25, 0.3) is 0 Å². The lowest BCUT2D eigenvalue weighted by Gasteiger charge is -2.37. The minimum atomic E-state index is -1.41. The molecule has 3 aromatic rings. The van der Waals surface area contributed by atoms with Crippen molar-refractivity contribution in [2.75, 3.05) is 12.4 Å². The van der Waals surface area contributed by atoms with Crippen molar-refractivity contribution in [1.82, 2.24) is 10.3 Å². The number of nitrogens with one attached hydrogen (secondary N) is 2. The highest BCUT2D eigenvalue weighted by molar-refractivity contribution is 6.31. The standard InChI is InChI=1S/C31H31Cl2FN4O4/c1-30(2,3)13-23-31(18-14-36-24(33)12-20(18)37-29(31)41)25(17-6-5-7-19(32)26(17)34)27(38-23)21(39)10-15-8-9-16(28(35)40)11-22(15)42-4/h5-9,11-12,14,23,25,27,38H,10,13H2,1-4H3,(H2,35,40)(H,37,41)/t23-,25-,27-,31+/m0/s1. The summed E-state index contributed by atoms with van der Waals surface area (Å²) in [6.45, 7) is 6.10. The molecule has 220 valence electrons. The Morgan fingerprint density at radius 3 is 2.57 bits per heavy atom. The average molecular weight is 614 g/mol. The summed E-state index contributed by atoms with van der Waals surface area (Å²) in [5.41, 5.74) is 5.60. The van der Waals surface area contributed by atoms with E-state index in [9.17, 15) is 14.4 Å². The number of anilines is 1. The van der Waals surface area contributed by atoms with Crippen LogP contribution in [0.3, 0.4) is 0 Å². The molecule has 1 saturated heterocycles. The van der Waals surface area contributed by atoms with E-state index >= 15 is 4.39 Å². The third-order valence-electron chi connectivity index (χ3n) is 8.11. The number of nitrogens with zero attached hydrogens (tertiary/aromatic N) is 1. The zero-order valence-corrected chi connectivity index (χ0v) is 25.1. The summed E-state index contributed by atoms with van der Waals surface area (Å²) in [5, 5.41) is 6.45. The summed E-state index contributed by atoms with van der Waals surface area (Å²) < 4.78 is 21.4. The predicted molar refractivity (Wildman–Crippen MR) is 159 cm³/mol. The van der Waals surface area contributed by atoms with Gasteiger partial charge in [0.05, 0.1) is 18.2 Å². The molecule has 4 atom stereocenters. The Kier molecular flexibility index (Phi) is 7.81. The van der Waals surface area contributed by atoms with Crippen LogP contribution in [0, 0.1) is 11.2 Å². The number of ketones is 1. The van der Waals surface area contributed by atoms with E-state index in [2.05, 4.69) is 15.6 Å². The van der Waals surface area contributed by atoms with Crippen LogP contribution in [0.25, 0.3) is 0 Å². The molecule has 5 rings (SSSR count). The number of methoxy groups -OCH3 is 1. The number of rotatable bonds is 7. The van der Waals surface area contributed by atoms with Gasteiger partial charge >= 0.3 is 0 Å². The van der Waals surface area contributed by atoms with Gasteiger partial charge < -0.3 is 21.1 Å². The van der Waals surface area contributed by atoms with Crippen molar-refractivity contribution in [1.29, 1.82) is 0 Å². The third-order valence-corrected chi connectivity index (χ3v) is 8.61. The molecule has 0 radical (unpaired) electrons. The Morgan fingerprint density at radius 1 is 1.17 bits per heavy atom. The minimum absolute atomic E-state index is 0.121. The van der Waals surface area contributed by atoms with E-state index in [1.54, 1.807) is 24.3 Å². The van der Waals surface area contributed by atoms with E-state index in [0.717, 1.165) is 0 Å². The van der Waals surface area contributed by atoms with Crippen LogP contribution in [0.15, 0.2) is 48.7 Å². The minimum Gasteiger partial charge on any atom is -0.496 e. The number of aromatic nitrogens is 1. The van der Waals surface area contributed by atoms with Gasteiger partial charge in [-0.15, -0.1) is 0 Å². The molecule has 0 saturated carbocycles. The lowest BCUT2D eigenvalue weighted by molar-refractivity contribution is -0.122. The van der Waals surface area contributed by atoms with Gasteiger partial charge in [0.15, 0.2) is 5.78 Å². The van der Waals surface area contributed by atoms with Crippen LogP contribution >= 0.6 is 23.2 Å². The molecule has 1 fully saturated rings. The number of amides is 2. The van der Waals surface area contributed by atoms with Crippen LogP contribution in [0.2, 0.25) is 10.2 Å². The van der Waals surface area contributed by atoms with Crippen LogP contribution in [0.1, 0.15) is 60.2 Å². The molecule has 1 spiro atoms. The summed E-state index contributed by atoms with van der Waals surface area (Å²) in [6.07, 6.45) is 1.88. The Bertz CT molecular complexity index is 1610. The van der Waals surface area contributed by atoms with Gasteiger partial charge in [0, 0.05) is 47.0 Å². The maximum Gasteiger partial charge on any atom is 0.248 e. The molecule has 2 aromatic carbocycles. The smallest absolute Gasteiger partial charge is 0.248 e. The SMILES string of the molecule is COc1cc(C(N)=O)ccc1CC(=O)[C@@H]1N[C@@H](CC(C)(C)C)[C@@]2(C(=O)Nc3cc(Cl)ncc32)[C@H]1c1cccc(Cl)c1F. The first-order chi connectivity index (χ1) is 19.8. The largest absolute Gasteiger partial charge is 0.496 e. The Balaban J connectivity index is 1.70. The zero-order chi connectivity index (χ0) is 30.6. The number of fused-ring (bicyclic) bond motifs is 2. The summed E-state index contributed by atoms with van der Waals surface area (Å²) in [6, 6.07) is 9.16. The van der Waals surface area contributed by atoms with Crippen LogP contribution in [-0.2, 0) is 21.4 Å².